The predicted molar refractivity (Wildman–Crippen MR) is 60.8 cm³/mol. The van der Waals surface area contributed by atoms with Gasteiger partial charge in [-0.25, -0.2) is 4.79 Å². The van der Waals surface area contributed by atoms with E-state index in [2.05, 4.69) is 5.32 Å². The van der Waals surface area contributed by atoms with Gasteiger partial charge in [0.05, 0.1) is 6.61 Å². The zero-order chi connectivity index (χ0) is 10.7. The van der Waals surface area contributed by atoms with Crippen molar-refractivity contribution in [2.45, 2.75) is 23.5 Å². The van der Waals surface area contributed by atoms with Gasteiger partial charge in [0, 0.05) is 6.42 Å². The monoisotopic (exact) mass is 247 g/mol. The summed E-state index contributed by atoms with van der Waals surface area (Å²) in [5.41, 5.74) is 0. The van der Waals surface area contributed by atoms with Gasteiger partial charge in [-0.1, -0.05) is 0 Å². The average molecular weight is 247 g/mol. The molecule has 4 nitrogen and oxygen atoms in total. The summed E-state index contributed by atoms with van der Waals surface area (Å²) in [5, 5.41) is 2.74. The topological polar surface area (TPSA) is 55.4 Å². The number of hydrogen-bond acceptors (Lipinski definition) is 5. The predicted octanol–water partition coefficient (Wildman–Crippen LogP) is 0.614. The van der Waals surface area contributed by atoms with E-state index in [0.29, 0.717) is 13.0 Å². The minimum absolute atomic E-state index is 0.0337. The third-order valence-corrected chi connectivity index (χ3v) is 5.19. The maximum absolute atomic E-state index is 11.7. The number of ether oxygens (including phenoxy) is 1. The van der Waals surface area contributed by atoms with Crippen molar-refractivity contribution in [1.82, 2.24) is 5.32 Å². The number of nitrogens with one attached hydrogen (secondary N) is 1. The fraction of sp³-hybridized carbons (Fsp3) is 0.778. The second-order valence-corrected chi connectivity index (χ2v) is 6.17. The quantitative estimate of drug-likeness (QED) is 0.725. The van der Waals surface area contributed by atoms with Gasteiger partial charge in [0.2, 0.25) is 5.91 Å². The van der Waals surface area contributed by atoms with Gasteiger partial charge in [-0.05, 0) is 17.9 Å². The lowest BCUT2D eigenvalue weighted by molar-refractivity contribution is -0.141. The number of carbonyl (C=O) groups excluding carboxylic acids is 2. The molecule has 1 unspecified atom stereocenters. The zero-order valence-electron chi connectivity index (χ0n) is 8.23. The third kappa shape index (κ3) is 2.81. The van der Waals surface area contributed by atoms with Crippen LogP contribution in [0.15, 0.2) is 0 Å². The molecule has 2 rings (SSSR count). The molecule has 0 bridgehead atoms. The number of esters is 1. The minimum atomic E-state index is -0.416. The van der Waals surface area contributed by atoms with Crippen LogP contribution < -0.4 is 5.32 Å². The lowest BCUT2D eigenvalue weighted by Crippen LogP contribution is -2.42. The Labute approximate surface area is 96.9 Å². The standard InChI is InChI=1S/C9H13NO3S2/c11-7(9-14-4-1-5-15-9)10-6-2-3-13-8(6)12/h6,9H,1-5H2,(H,10,11). The number of rotatable bonds is 2. The SMILES string of the molecule is O=C1OCCC1NC(=O)C1SCCCS1. The van der Waals surface area contributed by atoms with Crippen LogP contribution in [0.2, 0.25) is 0 Å². The number of carbonyl (C=O) groups is 2. The van der Waals surface area contributed by atoms with Gasteiger partial charge in [0.15, 0.2) is 0 Å². The van der Waals surface area contributed by atoms with E-state index in [-0.39, 0.29) is 16.5 Å². The van der Waals surface area contributed by atoms with Crippen LogP contribution in [0.4, 0.5) is 0 Å². The Morgan fingerprint density at radius 1 is 1.40 bits per heavy atom. The first-order valence-corrected chi connectivity index (χ1v) is 7.07. The first-order valence-electron chi connectivity index (χ1n) is 4.97. The molecule has 0 aliphatic carbocycles. The Bertz CT molecular complexity index is 266. The summed E-state index contributed by atoms with van der Waals surface area (Å²) < 4.78 is 4.74. The number of amides is 1. The van der Waals surface area contributed by atoms with Crippen LogP contribution in [0.25, 0.3) is 0 Å². The van der Waals surface area contributed by atoms with Crippen molar-refractivity contribution >= 4 is 35.4 Å². The van der Waals surface area contributed by atoms with Crippen LogP contribution in [0.3, 0.4) is 0 Å². The molecule has 2 aliphatic rings. The van der Waals surface area contributed by atoms with Crippen molar-refractivity contribution in [3.05, 3.63) is 0 Å². The van der Waals surface area contributed by atoms with E-state index < -0.39 is 6.04 Å². The van der Waals surface area contributed by atoms with E-state index in [0.717, 1.165) is 17.9 Å². The molecule has 0 aromatic rings. The molecule has 0 aromatic carbocycles. The van der Waals surface area contributed by atoms with Crippen molar-refractivity contribution < 1.29 is 14.3 Å². The molecule has 84 valence electrons. The second-order valence-electron chi connectivity index (χ2n) is 3.44. The van der Waals surface area contributed by atoms with Gasteiger partial charge in [-0.2, -0.15) is 0 Å². The summed E-state index contributed by atoms with van der Waals surface area (Å²) in [6.45, 7) is 0.425. The molecule has 1 N–H and O–H groups in total. The van der Waals surface area contributed by atoms with Crippen molar-refractivity contribution in [1.29, 1.82) is 0 Å². The molecule has 2 heterocycles. The lowest BCUT2D eigenvalue weighted by atomic mass is 10.2. The largest absolute Gasteiger partial charge is 0.464 e. The van der Waals surface area contributed by atoms with Crippen molar-refractivity contribution in [2.75, 3.05) is 18.1 Å². The second kappa shape index (κ2) is 5.12. The van der Waals surface area contributed by atoms with Gasteiger partial charge in [-0.15, -0.1) is 23.5 Å². The van der Waals surface area contributed by atoms with Crippen LogP contribution in [-0.4, -0.2) is 40.6 Å². The molecule has 2 saturated heterocycles. The molecule has 2 aliphatic heterocycles. The summed E-state index contributed by atoms with van der Waals surface area (Å²) in [5.74, 6) is 1.73. The molecular weight excluding hydrogens is 234 g/mol. The van der Waals surface area contributed by atoms with Gasteiger partial charge < -0.3 is 10.1 Å². The smallest absolute Gasteiger partial charge is 0.328 e. The number of thioether (sulfide) groups is 2. The first kappa shape index (κ1) is 11.1. The Kier molecular flexibility index (Phi) is 3.80. The van der Waals surface area contributed by atoms with E-state index in [1.807, 2.05) is 0 Å². The summed E-state index contributed by atoms with van der Waals surface area (Å²) in [7, 11) is 0. The van der Waals surface area contributed by atoms with E-state index >= 15 is 0 Å². The van der Waals surface area contributed by atoms with Gasteiger partial charge in [-0.3, -0.25) is 4.79 Å². The zero-order valence-corrected chi connectivity index (χ0v) is 9.86. The molecule has 6 heteroatoms. The highest BCUT2D eigenvalue weighted by Gasteiger charge is 2.31. The van der Waals surface area contributed by atoms with Crippen LogP contribution in [-0.2, 0) is 14.3 Å². The van der Waals surface area contributed by atoms with Gasteiger partial charge in [0.1, 0.15) is 10.6 Å². The van der Waals surface area contributed by atoms with E-state index in [1.54, 1.807) is 23.5 Å². The highest BCUT2D eigenvalue weighted by molar-refractivity contribution is 8.18. The Morgan fingerprint density at radius 2 is 2.13 bits per heavy atom. The number of cyclic esters (lactones) is 1. The van der Waals surface area contributed by atoms with Crippen LogP contribution in [0.1, 0.15) is 12.8 Å². The fourth-order valence-electron chi connectivity index (χ4n) is 1.51. The van der Waals surface area contributed by atoms with E-state index in [1.165, 1.54) is 0 Å². The highest BCUT2D eigenvalue weighted by Crippen LogP contribution is 2.30. The molecule has 0 saturated carbocycles. The normalized spacial score (nSPS) is 27.5. The molecule has 15 heavy (non-hydrogen) atoms. The summed E-state index contributed by atoms with van der Waals surface area (Å²) in [4.78, 5) is 22.9. The molecule has 0 aromatic heterocycles. The molecule has 0 spiro atoms. The lowest BCUT2D eigenvalue weighted by Gasteiger charge is -2.21. The average Bonchev–Trinajstić information content (AvgIpc) is 2.66. The van der Waals surface area contributed by atoms with Crippen molar-refractivity contribution in [2.24, 2.45) is 0 Å². The van der Waals surface area contributed by atoms with Crippen LogP contribution in [0, 0.1) is 0 Å². The molecule has 1 amide bonds. The van der Waals surface area contributed by atoms with Gasteiger partial charge >= 0.3 is 5.97 Å². The highest BCUT2D eigenvalue weighted by atomic mass is 32.2. The first-order chi connectivity index (χ1) is 7.27. The Balaban J connectivity index is 1.82. The minimum Gasteiger partial charge on any atom is -0.464 e. The van der Waals surface area contributed by atoms with Crippen molar-refractivity contribution in [3.8, 4) is 0 Å². The Hall–Kier alpha value is -0.360. The molecule has 1 atom stereocenters. The van der Waals surface area contributed by atoms with Crippen LogP contribution in [0.5, 0.6) is 0 Å². The number of hydrogen-bond donors (Lipinski definition) is 1. The maximum Gasteiger partial charge on any atom is 0.328 e. The van der Waals surface area contributed by atoms with E-state index in [9.17, 15) is 9.59 Å². The molecule has 2 fully saturated rings. The van der Waals surface area contributed by atoms with E-state index in [4.69, 9.17) is 4.74 Å². The molecule has 0 radical (unpaired) electrons. The summed E-state index contributed by atoms with van der Waals surface area (Å²) in [6, 6.07) is -0.416. The molecular formula is C9H13NO3S2. The third-order valence-electron chi connectivity index (χ3n) is 2.29. The van der Waals surface area contributed by atoms with Crippen molar-refractivity contribution in [3.63, 3.8) is 0 Å². The summed E-state index contributed by atoms with van der Waals surface area (Å²) >= 11 is 3.31. The summed E-state index contributed by atoms with van der Waals surface area (Å²) in [6.07, 6.45) is 1.76. The van der Waals surface area contributed by atoms with Gasteiger partial charge in [0.25, 0.3) is 0 Å². The fourth-order valence-corrected chi connectivity index (χ4v) is 4.14. The Morgan fingerprint density at radius 3 is 2.73 bits per heavy atom. The van der Waals surface area contributed by atoms with Crippen LogP contribution >= 0.6 is 23.5 Å². The maximum atomic E-state index is 11.7.